The van der Waals surface area contributed by atoms with Crippen LogP contribution in [-0.2, 0) is 9.47 Å². The van der Waals surface area contributed by atoms with Crippen molar-refractivity contribution >= 4 is 22.6 Å². The van der Waals surface area contributed by atoms with Gasteiger partial charge in [-0.3, -0.25) is 0 Å². The molecule has 2 rings (SSSR count). The SMILES string of the molecule is CC1(C)OC[C@H]([C@@H](CCI)c2ccco2)O1. The first-order valence-electron chi connectivity index (χ1n) is 5.53. The number of ether oxygens (including phenoxy) is 2. The maximum absolute atomic E-state index is 5.90. The highest BCUT2D eigenvalue weighted by Crippen LogP contribution is 2.34. The second kappa shape index (κ2) is 5.06. The van der Waals surface area contributed by atoms with E-state index in [2.05, 4.69) is 22.6 Å². The quantitative estimate of drug-likeness (QED) is 0.624. The summed E-state index contributed by atoms with van der Waals surface area (Å²) in [4.78, 5) is 0. The van der Waals surface area contributed by atoms with Crippen LogP contribution in [-0.4, -0.2) is 22.9 Å². The fourth-order valence-electron chi connectivity index (χ4n) is 2.04. The van der Waals surface area contributed by atoms with Crippen molar-refractivity contribution in [2.75, 3.05) is 11.0 Å². The molecule has 0 unspecified atom stereocenters. The molecule has 4 heteroatoms. The van der Waals surface area contributed by atoms with E-state index in [-0.39, 0.29) is 6.10 Å². The normalized spacial score (nSPS) is 25.8. The van der Waals surface area contributed by atoms with Crippen molar-refractivity contribution < 1.29 is 13.9 Å². The summed E-state index contributed by atoms with van der Waals surface area (Å²) in [5, 5.41) is 0. The molecule has 1 aliphatic heterocycles. The Morgan fingerprint density at radius 2 is 2.38 bits per heavy atom. The summed E-state index contributed by atoms with van der Waals surface area (Å²) in [5.41, 5.74) is 0. The Labute approximate surface area is 110 Å². The largest absolute Gasteiger partial charge is 0.469 e. The van der Waals surface area contributed by atoms with E-state index in [9.17, 15) is 0 Å². The van der Waals surface area contributed by atoms with Crippen molar-refractivity contribution in [2.24, 2.45) is 0 Å². The van der Waals surface area contributed by atoms with Gasteiger partial charge in [0.05, 0.1) is 19.0 Å². The zero-order chi connectivity index (χ0) is 11.6. The van der Waals surface area contributed by atoms with E-state index in [1.165, 1.54) is 0 Å². The molecule has 0 amide bonds. The van der Waals surface area contributed by atoms with Crippen molar-refractivity contribution in [1.82, 2.24) is 0 Å². The summed E-state index contributed by atoms with van der Waals surface area (Å²) >= 11 is 2.38. The summed E-state index contributed by atoms with van der Waals surface area (Å²) in [6.45, 7) is 4.56. The lowest BCUT2D eigenvalue weighted by Crippen LogP contribution is -2.25. The van der Waals surface area contributed by atoms with Crippen LogP contribution in [0.3, 0.4) is 0 Å². The van der Waals surface area contributed by atoms with Gasteiger partial charge in [0.25, 0.3) is 0 Å². The summed E-state index contributed by atoms with van der Waals surface area (Å²) in [7, 11) is 0. The van der Waals surface area contributed by atoms with E-state index in [4.69, 9.17) is 13.9 Å². The van der Waals surface area contributed by atoms with Gasteiger partial charge in [-0.2, -0.15) is 0 Å². The van der Waals surface area contributed by atoms with Crippen LogP contribution in [0.15, 0.2) is 22.8 Å². The number of halogens is 1. The molecule has 0 spiro atoms. The highest BCUT2D eigenvalue weighted by atomic mass is 127. The van der Waals surface area contributed by atoms with Gasteiger partial charge in [0.2, 0.25) is 0 Å². The smallest absolute Gasteiger partial charge is 0.163 e. The number of alkyl halides is 1. The van der Waals surface area contributed by atoms with Crippen molar-refractivity contribution in [3.63, 3.8) is 0 Å². The first-order chi connectivity index (χ1) is 7.62. The molecule has 1 aliphatic rings. The van der Waals surface area contributed by atoms with Crippen LogP contribution >= 0.6 is 22.6 Å². The zero-order valence-electron chi connectivity index (χ0n) is 9.61. The van der Waals surface area contributed by atoms with Crippen molar-refractivity contribution in [2.45, 2.75) is 38.1 Å². The third kappa shape index (κ3) is 2.78. The first-order valence-corrected chi connectivity index (χ1v) is 7.06. The molecule has 2 heterocycles. The summed E-state index contributed by atoms with van der Waals surface area (Å²) in [6, 6.07) is 3.95. The van der Waals surface area contributed by atoms with Gasteiger partial charge in [-0.1, -0.05) is 22.6 Å². The number of hydrogen-bond donors (Lipinski definition) is 0. The van der Waals surface area contributed by atoms with Gasteiger partial charge in [-0.25, -0.2) is 0 Å². The van der Waals surface area contributed by atoms with E-state index >= 15 is 0 Å². The van der Waals surface area contributed by atoms with Crippen LogP contribution in [0, 0.1) is 0 Å². The molecule has 1 saturated heterocycles. The van der Waals surface area contributed by atoms with E-state index < -0.39 is 5.79 Å². The monoisotopic (exact) mass is 336 g/mol. The summed E-state index contributed by atoms with van der Waals surface area (Å²) in [6.07, 6.45) is 2.88. The molecule has 16 heavy (non-hydrogen) atoms. The van der Waals surface area contributed by atoms with Gasteiger partial charge in [-0.15, -0.1) is 0 Å². The highest BCUT2D eigenvalue weighted by molar-refractivity contribution is 14.1. The van der Waals surface area contributed by atoms with Gasteiger partial charge in [-0.05, 0) is 32.4 Å². The van der Waals surface area contributed by atoms with Gasteiger partial charge >= 0.3 is 0 Å². The lowest BCUT2D eigenvalue weighted by Gasteiger charge is -2.22. The average Bonchev–Trinajstić information content (AvgIpc) is 2.83. The molecule has 1 aromatic heterocycles. The fourth-order valence-corrected chi connectivity index (χ4v) is 2.72. The molecule has 90 valence electrons. The minimum Gasteiger partial charge on any atom is -0.469 e. The average molecular weight is 336 g/mol. The number of hydrogen-bond acceptors (Lipinski definition) is 3. The van der Waals surface area contributed by atoms with Crippen LogP contribution < -0.4 is 0 Å². The number of rotatable bonds is 4. The fraction of sp³-hybridized carbons (Fsp3) is 0.667. The van der Waals surface area contributed by atoms with E-state index in [0.717, 1.165) is 16.6 Å². The summed E-state index contributed by atoms with van der Waals surface area (Å²) in [5.74, 6) is 0.845. The zero-order valence-corrected chi connectivity index (χ0v) is 11.8. The Bertz CT molecular complexity index is 321. The van der Waals surface area contributed by atoms with Crippen molar-refractivity contribution in [1.29, 1.82) is 0 Å². The molecule has 0 aromatic carbocycles. The Morgan fingerprint density at radius 1 is 1.56 bits per heavy atom. The Balaban J connectivity index is 2.09. The second-order valence-corrected chi connectivity index (χ2v) is 5.55. The van der Waals surface area contributed by atoms with Crippen LogP contribution in [0.2, 0.25) is 0 Å². The lowest BCUT2D eigenvalue weighted by atomic mass is 9.97. The predicted octanol–water partition coefficient (Wildman–Crippen LogP) is 3.34. The van der Waals surface area contributed by atoms with Gasteiger partial charge in [0.1, 0.15) is 5.76 Å². The number of furan rings is 1. The molecule has 0 N–H and O–H groups in total. The molecule has 0 bridgehead atoms. The predicted molar refractivity (Wildman–Crippen MR) is 69.9 cm³/mol. The van der Waals surface area contributed by atoms with E-state index in [1.807, 2.05) is 26.0 Å². The van der Waals surface area contributed by atoms with Crippen LogP contribution in [0.5, 0.6) is 0 Å². The Kier molecular flexibility index (Phi) is 3.92. The summed E-state index contributed by atoms with van der Waals surface area (Å²) < 4.78 is 18.1. The topological polar surface area (TPSA) is 31.6 Å². The molecular formula is C12H17IO3. The maximum atomic E-state index is 5.90. The molecule has 2 atom stereocenters. The lowest BCUT2D eigenvalue weighted by molar-refractivity contribution is -0.141. The third-order valence-corrected chi connectivity index (χ3v) is 3.43. The Morgan fingerprint density at radius 3 is 2.88 bits per heavy atom. The highest BCUT2D eigenvalue weighted by Gasteiger charge is 2.38. The minimum absolute atomic E-state index is 0.107. The molecule has 1 aromatic rings. The third-order valence-electron chi connectivity index (χ3n) is 2.81. The molecule has 0 saturated carbocycles. The molecule has 0 aliphatic carbocycles. The van der Waals surface area contributed by atoms with Crippen LogP contribution in [0.25, 0.3) is 0 Å². The molecule has 3 nitrogen and oxygen atoms in total. The minimum atomic E-state index is -0.458. The van der Waals surface area contributed by atoms with Crippen LogP contribution in [0.1, 0.15) is 31.9 Å². The van der Waals surface area contributed by atoms with E-state index in [0.29, 0.717) is 12.5 Å². The first kappa shape index (κ1) is 12.4. The van der Waals surface area contributed by atoms with Gasteiger partial charge in [0, 0.05) is 10.3 Å². The van der Waals surface area contributed by atoms with E-state index in [1.54, 1.807) is 6.26 Å². The molecule has 1 fully saturated rings. The molecular weight excluding hydrogens is 319 g/mol. The van der Waals surface area contributed by atoms with Crippen molar-refractivity contribution in [3.8, 4) is 0 Å². The second-order valence-electron chi connectivity index (χ2n) is 4.47. The Hall–Kier alpha value is -0.0700. The molecule has 0 radical (unpaired) electrons. The maximum Gasteiger partial charge on any atom is 0.163 e. The van der Waals surface area contributed by atoms with Gasteiger partial charge < -0.3 is 13.9 Å². The van der Waals surface area contributed by atoms with Gasteiger partial charge in [0.15, 0.2) is 5.79 Å². The van der Waals surface area contributed by atoms with Crippen LogP contribution in [0.4, 0.5) is 0 Å². The standard InChI is InChI=1S/C12H17IO3/c1-12(2)15-8-11(16-12)9(5-6-13)10-4-3-7-14-10/h3-4,7,9,11H,5-6,8H2,1-2H3/t9-,11+/m0/s1. The van der Waals surface area contributed by atoms with Crippen molar-refractivity contribution in [3.05, 3.63) is 24.2 Å².